The van der Waals surface area contributed by atoms with Crippen molar-refractivity contribution in [2.24, 2.45) is 5.73 Å². The number of amides is 10. The van der Waals surface area contributed by atoms with Crippen LogP contribution in [0.5, 0.6) is 11.5 Å². The number of likely N-dealkylation sites (N-methyl/N-ethyl adjacent to an activating group) is 2. The minimum atomic E-state index is -1.57. The minimum absolute atomic E-state index is 0.00900. The molecule has 0 saturated heterocycles. The predicted octanol–water partition coefficient (Wildman–Crippen LogP) is 0.134. The number of nitrogens with one attached hydrogen (secondary N) is 7. The summed E-state index contributed by atoms with van der Waals surface area (Å²) in [5.74, 6) is -10.4. The number of primary amides is 1. The van der Waals surface area contributed by atoms with Crippen LogP contribution in [-0.2, 0) is 59.2 Å². The summed E-state index contributed by atoms with van der Waals surface area (Å²) in [6.07, 6.45) is 14.7. The highest BCUT2D eigenvalue weighted by Gasteiger charge is 2.34. The minimum Gasteiger partial charge on any atom is -0.507 e. The molecule has 0 unspecified atom stereocenters. The molecule has 424 valence electrons. The van der Waals surface area contributed by atoms with Crippen LogP contribution in [0.4, 0.5) is 0 Å². The third-order valence-electron chi connectivity index (χ3n) is 13.1. The molecule has 5 atom stereocenters. The Morgan fingerprint density at radius 2 is 1.27 bits per heavy atom. The van der Waals surface area contributed by atoms with Gasteiger partial charge in [0.25, 0.3) is 5.91 Å². The summed E-state index contributed by atoms with van der Waals surface area (Å²) in [6, 6.07) is 0.956. The number of nitrogens with zero attached hydrogens (tertiary/aromatic N) is 2. The largest absolute Gasteiger partial charge is 0.507 e. The number of rotatable bonds is 30. The molecule has 1 aliphatic heterocycles. The van der Waals surface area contributed by atoms with E-state index in [1.165, 1.54) is 116 Å². The molecular weight excluding hydrogens is 1000 g/mol. The van der Waals surface area contributed by atoms with Crippen molar-refractivity contribution in [2.75, 3.05) is 46.9 Å². The molecule has 0 aromatic heterocycles. The van der Waals surface area contributed by atoms with Gasteiger partial charge in [0.05, 0.1) is 32.8 Å². The van der Waals surface area contributed by atoms with Crippen molar-refractivity contribution in [3.05, 3.63) is 47.5 Å². The Morgan fingerprint density at radius 1 is 0.688 bits per heavy atom. The Balaban J connectivity index is 1.66. The van der Waals surface area contributed by atoms with Gasteiger partial charge in [-0.05, 0) is 55.7 Å². The molecule has 0 saturated carbocycles. The van der Waals surface area contributed by atoms with Crippen molar-refractivity contribution in [1.29, 1.82) is 0 Å². The predicted molar refractivity (Wildman–Crippen MR) is 282 cm³/mol. The van der Waals surface area contributed by atoms with Crippen LogP contribution in [0.25, 0.3) is 11.1 Å². The van der Waals surface area contributed by atoms with Gasteiger partial charge in [0, 0.05) is 38.1 Å². The number of hydrogen-bond acceptors (Lipinski definition) is 14. The standard InChI is InChI=1S/C53H78N10O14/c1-6-7-8-9-10-11-12-13-14-15-16-17-18-19-45(70)62(4)39(31-64)51(75)59-32(2)48(72)58-30-46(71)63(5)47-35-21-23-41(66)37(26-35)36-24-34(20-22-40(36)65)25-38(61-49(73)33(3)60-53(47)77)50(74)56-27-42(67)52(76)57-29-44(69)55-28-43(54)68/h20-24,26,32-33,38-39,47,64-66H,6-19,25,27-31H2,1-5H3,(H2,54,68)(H,55,69)(H,56,74)(H,57,76)(H,58,72)(H,59,75)(H,60,77)(H,61,73)/t32-,33+,38+,39-,47+/m1/s1. The molecule has 1 aliphatic rings. The summed E-state index contributed by atoms with van der Waals surface area (Å²) in [6.45, 7) is 1.32. The smallest absolute Gasteiger partial charge is 0.289 e. The molecule has 0 spiro atoms. The van der Waals surface area contributed by atoms with Gasteiger partial charge in [0.2, 0.25) is 58.9 Å². The van der Waals surface area contributed by atoms with E-state index in [9.17, 15) is 68.1 Å². The lowest BCUT2D eigenvalue weighted by Crippen LogP contribution is -2.56. The second-order valence-corrected chi connectivity index (χ2v) is 19.2. The second kappa shape index (κ2) is 32.7. The Hall–Kier alpha value is -7.63. The number of ketones is 1. The number of fused-ring (bicyclic) bond motifs is 5. The van der Waals surface area contributed by atoms with Gasteiger partial charge in [-0.1, -0.05) is 96.1 Å². The van der Waals surface area contributed by atoms with Crippen molar-refractivity contribution in [3.8, 4) is 22.6 Å². The average Bonchev–Trinajstić information content (AvgIpc) is 3.39. The van der Waals surface area contributed by atoms with Crippen molar-refractivity contribution >= 4 is 64.9 Å². The number of unbranched alkanes of at least 4 members (excludes halogenated alkanes) is 12. The summed E-state index contributed by atoms with van der Waals surface area (Å²) in [5, 5.41) is 48.5. The highest BCUT2D eigenvalue weighted by atomic mass is 16.3. The van der Waals surface area contributed by atoms with Gasteiger partial charge >= 0.3 is 0 Å². The van der Waals surface area contributed by atoms with Crippen molar-refractivity contribution in [3.63, 3.8) is 0 Å². The number of hydrogen-bond donors (Lipinski definition) is 11. The maximum atomic E-state index is 14.2. The Kier molecular flexibility index (Phi) is 27.1. The monoisotopic (exact) mass is 1080 g/mol. The molecular formula is C53H78N10O14. The molecule has 12 N–H and O–H groups in total. The third kappa shape index (κ3) is 21.1. The van der Waals surface area contributed by atoms with Crippen LogP contribution in [-0.4, -0.2) is 161 Å². The lowest BCUT2D eigenvalue weighted by atomic mass is 9.93. The van der Waals surface area contributed by atoms with E-state index in [0.29, 0.717) is 12.0 Å². The number of nitrogens with two attached hydrogens (primary N) is 1. The molecule has 10 amide bonds. The Morgan fingerprint density at radius 3 is 1.87 bits per heavy atom. The third-order valence-corrected chi connectivity index (χ3v) is 13.1. The fraction of sp³-hybridized carbons (Fsp3) is 0.566. The maximum Gasteiger partial charge on any atom is 0.289 e. The van der Waals surface area contributed by atoms with Crippen LogP contribution in [0.15, 0.2) is 36.4 Å². The lowest BCUT2D eigenvalue weighted by Gasteiger charge is -2.30. The summed E-state index contributed by atoms with van der Waals surface area (Å²) >= 11 is 0. The lowest BCUT2D eigenvalue weighted by molar-refractivity contribution is -0.142. The Labute approximate surface area is 448 Å². The number of carbonyl (C=O) groups excluding carboxylic acids is 11. The number of phenols is 2. The summed E-state index contributed by atoms with van der Waals surface area (Å²) in [7, 11) is 2.63. The van der Waals surface area contributed by atoms with Gasteiger partial charge in [-0.2, -0.15) is 0 Å². The van der Waals surface area contributed by atoms with Crippen LogP contribution >= 0.6 is 0 Å². The molecule has 24 heteroatoms. The molecule has 1 heterocycles. The number of carbonyl (C=O) groups is 11. The number of aliphatic hydroxyl groups is 1. The first-order valence-electron chi connectivity index (χ1n) is 26.2. The molecule has 2 aromatic carbocycles. The first-order valence-corrected chi connectivity index (χ1v) is 26.2. The maximum absolute atomic E-state index is 14.2. The van der Waals surface area contributed by atoms with Gasteiger partial charge in [-0.25, -0.2) is 0 Å². The first kappa shape index (κ1) is 63.7. The average molecular weight is 1080 g/mol. The van der Waals surface area contributed by atoms with Crippen molar-refractivity contribution < 1.29 is 68.1 Å². The van der Waals surface area contributed by atoms with Gasteiger partial charge in [-0.15, -0.1) is 0 Å². The normalized spacial score (nSPS) is 15.9. The van der Waals surface area contributed by atoms with Crippen LogP contribution in [0.1, 0.15) is 128 Å². The van der Waals surface area contributed by atoms with Gasteiger partial charge in [0.15, 0.2) is 0 Å². The van der Waals surface area contributed by atoms with E-state index in [2.05, 4.69) is 38.8 Å². The number of Topliss-reactive ketones (excluding diaryl/α,β-unsaturated/α-hetero) is 1. The summed E-state index contributed by atoms with van der Waals surface area (Å²) in [4.78, 5) is 144. The number of benzene rings is 2. The molecule has 77 heavy (non-hydrogen) atoms. The summed E-state index contributed by atoms with van der Waals surface area (Å²) < 4.78 is 0. The van der Waals surface area contributed by atoms with E-state index in [1.807, 2.05) is 5.32 Å². The SMILES string of the molecule is CCCCCCCCCCCCCCCC(=O)N(C)[C@H](CO)C(=O)N[C@H](C)C(=O)NCC(=O)N(C)[C@@H]1C(=O)N[C@@H](C)C(=O)N[C@H](C(=O)NCC(=O)C(=O)NCC(=O)NCC(N)=O)Cc2ccc(O)c(c2)-c2cc1ccc2O. The van der Waals surface area contributed by atoms with E-state index in [-0.39, 0.29) is 46.9 Å². The molecule has 0 aliphatic carbocycles. The quantitative estimate of drug-likeness (QED) is 0.0366. The zero-order valence-corrected chi connectivity index (χ0v) is 44.8. The van der Waals surface area contributed by atoms with Crippen LogP contribution in [0, 0.1) is 0 Å². The van der Waals surface area contributed by atoms with Crippen molar-refractivity contribution in [1.82, 2.24) is 47.0 Å². The van der Waals surface area contributed by atoms with Crippen LogP contribution in [0.2, 0.25) is 0 Å². The van der Waals surface area contributed by atoms with E-state index in [4.69, 9.17) is 5.73 Å². The topological polar surface area (TPSA) is 365 Å². The number of aromatic hydroxyl groups is 2. The van der Waals surface area contributed by atoms with E-state index < -0.39 is 122 Å². The number of phenolic OH excluding ortho intramolecular Hbond substituents is 2. The summed E-state index contributed by atoms with van der Waals surface area (Å²) in [5.41, 5.74) is 5.37. The van der Waals surface area contributed by atoms with Crippen LogP contribution in [0.3, 0.4) is 0 Å². The van der Waals surface area contributed by atoms with Crippen LogP contribution < -0.4 is 43.0 Å². The zero-order chi connectivity index (χ0) is 57.2. The van der Waals surface area contributed by atoms with Gasteiger partial charge < -0.3 is 68.1 Å². The second-order valence-electron chi connectivity index (χ2n) is 19.2. The fourth-order valence-corrected chi connectivity index (χ4v) is 8.38. The Bertz CT molecular complexity index is 2420. The van der Waals surface area contributed by atoms with E-state index in [1.54, 1.807) is 0 Å². The molecule has 0 radical (unpaired) electrons. The van der Waals surface area contributed by atoms with E-state index in [0.717, 1.165) is 35.5 Å². The molecule has 2 aromatic rings. The molecule has 24 nitrogen and oxygen atoms in total. The van der Waals surface area contributed by atoms with Gasteiger partial charge in [-0.3, -0.25) is 52.7 Å². The molecule has 0 fully saturated rings. The van der Waals surface area contributed by atoms with Crippen molar-refractivity contribution in [2.45, 2.75) is 147 Å². The fourth-order valence-electron chi connectivity index (χ4n) is 8.38. The van der Waals surface area contributed by atoms with E-state index >= 15 is 0 Å². The zero-order valence-electron chi connectivity index (χ0n) is 44.8. The number of aliphatic hydroxyl groups excluding tert-OH is 1. The van der Waals surface area contributed by atoms with Gasteiger partial charge in [0.1, 0.15) is 41.7 Å². The highest BCUT2D eigenvalue weighted by molar-refractivity contribution is 6.37. The highest BCUT2D eigenvalue weighted by Crippen LogP contribution is 2.38. The molecule has 3 rings (SSSR count). The first-order chi connectivity index (χ1) is 36.6. The molecule has 4 bridgehead atoms.